The first-order chi connectivity index (χ1) is 10.3. The molecule has 0 radical (unpaired) electrons. The number of hydrogen-bond acceptors (Lipinski definition) is 4. The second-order valence-corrected chi connectivity index (χ2v) is 4.69. The molecular formula is C17H15NO3. The number of hydrogen-bond donors (Lipinski definition) is 0. The normalized spacial score (nSPS) is 10.7. The zero-order valence-electron chi connectivity index (χ0n) is 11.7. The van der Waals surface area contributed by atoms with Gasteiger partial charge in [-0.1, -0.05) is 41.6 Å². The molecule has 1 aromatic heterocycles. The number of aromatic nitrogens is 1. The van der Waals surface area contributed by atoms with Crippen molar-refractivity contribution < 1.29 is 14.1 Å². The SMILES string of the molecule is CCOC(=O)Cc1noc2ccc(-c3ccccc3)cc12. The zero-order chi connectivity index (χ0) is 14.7. The van der Waals surface area contributed by atoms with E-state index in [0.717, 1.165) is 16.5 Å². The average Bonchev–Trinajstić information content (AvgIpc) is 2.91. The van der Waals surface area contributed by atoms with E-state index < -0.39 is 0 Å². The highest BCUT2D eigenvalue weighted by Gasteiger charge is 2.14. The van der Waals surface area contributed by atoms with E-state index in [1.807, 2.05) is 48.5 Å². The van der Waals surface area contributed by atoms with Gasteiger partial charge in [-0.05, 0) is 30.2 Å². The molecule has 0 aliphatic carbocycles. The summed E-state index contributed by atoms with van der Waals surface area (Å²) in [4.78, 5) is 11.6. The second-order valence-electron chi connectivity index (χ2n) is 4.69. The number of benzene rings is 2. The van der Waals surface area contributed by atoms with Crippen LogP contribution in [-0.4, -0.2) is 17.7 Å². The minimum absolute atomic E-state index is 0.124. The predicted molar refractivity (Wildman–Crippen MR) is 79.8 cm³/mol. The van der Waals surface area contributed by atoms with E-state index in [-0.39, 0.29) is 12.4 Å². The molecule has 0 atom stereocenters. The third-order valence-electron chi connectivity index (χ3n) is 3.27. The molecule has 106 valence electrons. The lowest BCUT2D eigenvalue weighted by Gasteiger charge is -2.02. The fourth-order valence-corrected chi connectivity index (χ4v) is 2.27. The predicted octanol–water partition coefficient (Wildman–Crippen LogP) is 3.60. The number of nitrogens with zero attached hydrogens (tertiary/aromatic N) is 1. The fourth-order valence-electron chi connectivity index (χ4n) is 2.27. The van der Waals surface area contributed by atoms with Crippen molar-refractivity contribution >= 4 is 16.9 Å². The molecule has 0 saturated carbocycles. The van der Waals surface area contributed by atoms with Crippen molar-refractivity contribution in [2.45, 2.75) is 13.3 Å². The summed E-state index contributed by atoms with van der Waals surface area (Å²) in [5.74, 6) is -0.294. The van der Waals surface area contributed by atoms with Crippen LogP contribution in [0.15, 0.2) is 53.1 Å². The lowest BCUT2D eigenvalue weighted by Crippen LogP contribution is -2.07. The lowest BCUT2D eigenvalue weighted by atomic mass is 10.0. The van der Waals surface area contributed by atoms with Crippen LogP contribution in [0.1, 0.15) is 12.6 Å². The molecule has 0 aliphatic heterocycles. The summed E-state index contributed by atoms with van der Waals surface area (Å²) in [6, 6.07) is 15.9. The first-order valence-electron chi connectivity index (χ1n) is 6.87. The highest BCUT2D eigenvalue weighted by Crippen LogP contribution is 2.26. The molecule has 3 aromatic rings. The number of ether oxygens (including phenoxy) is 1. The van der Waals surface area contributed by atoms with Crippen molar-refractivity contribution in [3.8, 4) is 11.1 Å². The van der Waals surface area contributed by atoms with Crippen molar-refractivity contribution in [3.05, 3.63) is 54.2 Å². The number of carbonyl (C=O) groups is 1. The van der Waals surface area contributed by atoms with Crippen LogP contribution < -0.4 is 0 Å². The molecule has 21 heavy (non-hydrogen) atoms. The first-order valence-corrected chi connectivity index (χ1v) is 6.87. The maximum atomic E-state index is 11.6. The fraction of sp³-hybridized carbons (Fsp3) is 0.176. The van der Waals surface area contributed by atoms with Crippen LogP contribution >= 0.6 is 0 Å². The molecule has 0 spiro atoms. The van der Waals surface area contributed by atoms with E-state index in [0.29, 0.717) is 17.9 Å². The number of rotatable bonds is 4. The molecule has 0 unspecified atom stereocenters. The van der Waals surface area contributed by atoms with Crippen LogP contribution in [0.2, 0.25) is 0 Å². The van der Waals surface area contributed by atoms with Gasteiger partial charge in [0.25, 0.3) is 0 Å². The quantitative estimate of drug-likeness (QED) is 0.686. The average molecular weight is 281 g/mol. The molecule has 4 nitrogen and oxygen atoms in total. The van der Waals surface area contributed by atoms with Crippen molar-refractivity contribution in [1.29, 1.82) is 0 Å². The Balaban J connectivity index is 1.98. The van der Waals surface area contributed by atoms with Gasteiger partial charge in [0.05, 0.1) is 13.0 Å². The zero-order valence-corrected chi connectivity index (χ0v) is 11.7. The summed E-state index contributed by atoms with van der Waals surface area (Å²) >= 11 is 0. The van der Waals surface area contributed by atoms with Gasteiger partial charge in [-0.2, -0.15) is 0 Å². The Hall–Kier alpha value is -2.62. The molecule has 0 saturated heterocycles. The van der Waals surface area contributed by atoms with Gasteiger partial charge < -0.3 is 9.26 Å². The van der Waals surface area contributed by atoms with E-state index in [9.17, 15) is 4.79 Å². The van der Waals surface area contributed by atoms with Gasteiger partial charge in [0.15, 0.2) is 5.58 Å². The third kappa shape index (κ3) is 2.79. The minimum Gasteiger partial charge on any atom is -0.466 e. The molecular weight excluding hydrogens is 266 g/mol. The van der Waals surface area contributed by atoms with Crippen molar-refractivity contribution in [1.82, 2.24) is 5.16 Å². The van der Waals surface area contributed by atoms with Crippen molar-refractivity contribution in [2.24, 2.45) is 0 Å². The maximum Gasteiger partial charge on any atom is 0.312 e. The molecule has 0 amide bonds. The van der Waals surface area contributed by atoms with Crippen LogP contribution in [0.3, 0.4) is 0 Å². The minimum atomic E-state index is -0.294. The topological polar surface area (TPSA) is 52.3 Å². The van der Waals surface area contributed by atoms with Gasteiger partial charge in [-0.3, -0.25) is 4.79 Å². The number of fused-ring (bicyclic) bond motifs is 1. The Kier molecular flexibility index (Phi) is 3.69. The van der Waals surface area contributed by atoms with Gasteiger partial charge in [0.1, 0.15) is 5.69 Å². The van der Waals surface area contributed by atoms with E-state index in [4.69, 9.17) is 9.26 Å². The Morgan fingerprint density at radius 1 is 1.14 bits per heavy atom. The summed E-state index contributed by atoms with van der Waals surface area (Å²) in [7, 11) is 0. The molecule has 4 heteroatoms. The standard InChI is InChI=1S/C17H15NO3/c1-2-20-17(19)11-15-14-10-13(8-9-16(14)21-18-15)12-6-4-3-5-7-12/h3-10H,2,11H2,1H3. The summed E-state index contributed by atoms with van der Waals surface area (Å²) in [5.41, 5.74) is 3.47. The van der Waals surface area contributed by atoms with E-state index in [1.165, 1.54) is 0 Å². The first kappa shape index (κ1) is 13.4. The molecule has 0 aliphatic rings. The smallest absolute Gasteiger partial charge is 0.312 e. The molecule has 2 aromatic carbocycles. The number of esters is 1. The summed E-state index contributed by atoms with van der Waals surface area (Å²) in [6.07, 6.45) is 0.124. The van der Waals surface area contributed by atoms with E-state index >= 15 is 0 Å². The molecule has 0 fully saturated rings. The monoisotopic (exact) mass is 281 g/mol. The Morgan fingerprint density at radius 2 is 1.95 bits per heavy atom. The van der Waals surface area contributed by atoms with Gasteiger partial charge in [0, 0.05) is 5.39 Å². The van der Waals surface area contributed by atoms with Crippen LogP contribution in [0, 0.1) is 0 Å². The molecule has 0 bridgehead atoms. The molecule has 3 rings (SSSR count). The lowest BCUT2D eigenvalue weighted by molar-refractivity contribution is -0.142. The van der Waals surface area contributed by atoms with Crippen LogP contribution in [-0.2, 0) is 16.0 Å². The van der Waals surface area contributed by atoms with Crippen LogP contribution in [0.25, 0.3) is 22.1 Å². The van der Waals surface area contributed by atoms with Gasteiger partial charge in [-0.15, -0.1) is 0 Å². The van der Waals surface area contributed by atoms with Crippen molar-refractivity contribution in [2.75, 3.05) is 6.61 Å². The van der Waals surface area contributed by atoms with Crippen LogP contribution in [0.4, 0.5) is 0 Å². The van der Waals surface area contributed by atoms with Crippen molar-refractivity contribution in [3.63, 3.8) is 0 Å². The summed E-state index contributed by atoms with van der Waals surface area (Å²) < 4.78 is 10.2. The second kappa shape index (κ2) is 5.79. The Bertz CT molecular complexity index is 762. The van der Waals surface area contributed by atoms with Crippen LogP contribution in [0.5, 0.6) is 0 Å². The Morgan fingerprint density at radius 3 is 2.71 bits per heavy atom. The highest BCUT2D eigenvalue weighted by molar-refractivity contribution is 5.88. The Labute approximate surface area is 122 Å². The maximum absolute atomic E-state index is 11.6. The number of carbonyl (C=O) groups excluding carboxylic acids is 1. The van der Waals surface area contributed by atoms with Gasteiger partial charge >= 0.3 is 5.97 Å². The van der Waals surface area contributed by atoms with E-state index in [2.05, 4.69) is 5.16 Å². The molecule has 0 N–H and O–H groups in total. The molecule has 1 heterocycles. The van der Waals surface area contributed by atoms with Gasteiger partial charge in [-0.25, -0.2) is 0 Å². The van der Waals surface area contributed by atoms with E-state index in [1.54, 1.807) is 6.92 Å². The summed E-state index contributed by atoms with van der Waals surface area (Å²) in [5, 5.41) is 4.83. The highest BCUT2D eigenvalue weighted by atomic mass is 16.5. The third-order valence-corrected chi connectivity index (χ3v) is 3.27. The largest absolute Gasteiger partial charge is 0.466 e. The van der Waals surface area contributed by atoms with Gasteiger partial charge in [0.2, 0.25) is 0 Å². The summed E-state index contributed by atoms with van der Waals surface area (Å²) in [6.45, 7) is 2.15.